The summed E-state index contributed by atoms with van der Waals surface area (Å²) in [7, 11) is 0. The van der Waals surface area contributed by atoms with Crippen molar-refractivity contribution in [2.24, 2.45) is 0 Å². The fourth-order valence-corrected chi connectivity index (χ4v) is 2.08. The van der Waals surface area contributed by atoms with Gasteiger partial charge in [0.15, 0.2) is 0 Å². The zero-order valence-corrected chi connectivity index (χ0v) is 10.9. The number of nitrogen functional groups attached to an aromatic ring is 1. The van der Waals surface area contributed by atoms with E-state index in [9.17, 15) is 4.79 Å². The highest BCUT2D eigenvalue weighted by Crippen LogP contribution is 2.20. The minimum atomic E-state index is -0.0591. The van der Waals surface area contributed by atoms with Crippen molar-refractivity contribution in [2.45, 2.75) is 13.5 Å². The molecule has 0 fully saturated rings. The molecule has 1 heterocycles. The number of aromatic nitrogens is 2. The van der Waals surface area contributed by atoms with Gasteiger partial charge in [-0.1, -0.05) is 0 Å². The maximum atomic E-state index is 12.3. The van der Waals surface area contributed by atoms with Gasteiger partial charge in [0.25, 0.3) is 0 Å². The fourth-order valence-electron chi connectivity index (χ4n) is 1.60. The summed E-state index contributed by atoms with van der Waals surface area (Å²) in [6.45, 7) is 2.60. The van der Waals surface area contributed by atoms with Gasteiger partial charge in [0.1, 0.15) is 5.69 Å². The van der Waals surface area contributed by atoms with Crippen LogP contribution in [0.15, 0.2) is 34.9 Å². The number of nitrogens with zero attached hydrogens (tertiary/aromatic N) is 2. The van der Waals surface area contributed by atoms with Crippen molar-refractivity contribution in [2.75, 3.05) is 5.73 Å². The molecule has 0 aliphatic heterocycles. The van der Waals surface area contributed by atoms with E-state index in [-0.39, 0.29) is 5.78 Å². The lowest BCUT2D eigenvalue weighted by Crippen LogP contribution is -2.11. The average Bonchev–Trinajstić information content (AvgIpc) is 2.70. The molecule has 4 nitrogen and oxygen atoms in total. The summed E-state index contributed by atoms with van der Waals surface area (Å²) in [5.74, 6) is -0.0591. The molecule has 0 spiro atoms. The summed E-state index contributed by atoms with van der Waals surface area (Å²) in [4.78, 5) is 12.3. The van der Waals surface area contributed by atoms with E-state index in [1.54, 1.807) is 35.1 Å². The summed E-state index contributed by atoms with van der Waals surface area (Å²) < 4.78 is 2.38. The van der Waals surface area contributed by atoms with Crippen LogP contribution in [0.4, 0.5) is 5.69 Å². The van der Waals surface area contributed by atoms with Gasteiger partial charge in [0.05, 0.1) is 10.7 Å². The van der Waals surface area contributed by atoms with Crippen LogP contribution in [0.3, 0.4) is 0 Å². The first-order valence-electron chi connectivity index (χ1n) is 5.25. The molecule has 0 unspecified atom stereocenters. The Morgan fingerprint density at radius 1 is 1.41 bits per heavy atom. The van der Waals surface area contributed by atoms with E-state index in [0.29, 0.717) is 28.0 Å². The van der Waals surface area contributed by atoms with Crippen LogP contribution < -0.4 is 5.73 Å². The fraction of sp³-hybridized carbons (Fsp3) is 0.167. The second-order valence-corrected chi connectivity index (χ2v) is 4.46. The number of benzene rings is 1. The summed E-state index contributed by atoms with van der Waals surface area (Å²) in [5, 5.41) is 4.12. The van der Waals surface area contributed by atoms with Crippen molar-refractivity contribution >= 4 is 27.4 Å². The zero-order valence-electron chi connectivity index (χ0n) is 9.35. The van der Waals surface area contributed by atoms with Gasteiger partial charge in [-0.2, -0.15) is 5.10 Å². The first-order chi connectivity index (χ1) is 8.13. The summed E-state index contributed by atoms with van der Waals surface area (Å²) in [5.41, 5.74) is 7.41. The number of nitrogens with two attached hydrogens (primary N) is 1. The van der Waals surface area contributed by atoms with Gasteiger partial charge < -0.3 is 5.73 Å². The monoisotopic (exact) mass is 293 g/mol. The molecule has 1 aromatic heterocycles. The van der Waals surface area contributed by atoms with Gasteiger partial charge in [-0.25, -0.2) is 0 Å². The molecule has 2 N–H and O–H groups in total. The standard InChI is InChI=1S/C12H12BrN3O/c1-2-16-11(10(13)7-15-16)12(17)8-3-5-9(14)6-4-8/h3-7H,2,14H2,1H3. The predicted octanol–water partition coefficient (Wildman–Crippen LogP) is 2.48. The topological polar surface area (TPSA) is 60.9 Å². The molecular formula is C12H12BrN3O. The molecule has 0 bridgehead atoms. The first kappa shape index (κ1) is 11.9. The molecule has 0 saturated heterocycles. The third-order valence-corrected chi connectivity index (χ3v) is 3.06. The molecule has 2 rings (SSSR count). The number of halogens is 1. The van der Waals surface area contributed by atoms with Gasteiger partial charge in [0.2, 0.25) is 5.78 Å². The Balaban J connectivity index is 2.43. The van der Waals surface area contributed by atoms with Crippen molar-refractivity contribution in [1.29, 1.82) is 0 Å². The number of hydrogen-bond donors (Lipinski definition) is 1. The maximum absolute atomic E-state index is 12.3. The minimum absolute atomic E-state index is 0.0591. The number of hydrogen-bond acceptors (Lipinski definition) is 3. The molecule has 0 atom stereocenters. The van der Waals surface area contributed by atoms with E-state index in [1.807, 2.05) is 6.92 Å². The highest BCUT2D eigenvalue weighted by atomic mass is 79.9. The smallest absolute Gasteiger partial charge is 0.212 e. The lowest BCUT2D eigenvalue weighted by molar-refractivity contribution is 0.102. The molecule has 17 heavy (non-hydrogen) atoms. The van der Waals surface area contributed by atoms with E-state index in [1.165, 1.54) is 0 Å². The largest absolute Gasteiger partial charge is 0.399 e. The third-order valence-electron chi connectivity index (χ3n) is 2.48. The number of carbonyl (C=O) groups is 1. The predicted molar refractivity (Wildman–Crippen MR) is 69.9 cm³/mol. The molecule has 0 saturated carbocycles. The van der Waals surface area contributed by atoms with E-state index in [2.05, 4.69) is 21.0 Å². The number of anilines is 1. The van der Waals surface area contributed by atoms with E-state index >= 15 is 0 Å². The Labute approximate surface area is 108 Å². The van der Waals surface area contributed by atoms with Gasteiger partial charge >= 0.3 is 0 Å². The molecule has 0 amide bonds. The van der Waals surface area contributed by atoms with Crippen molar-refractivity contribution < 1.29 is 4.79 Å². The van der Waals surface area contributed by atoms with Crippen LogP contribution in [0.25, 0.3) is 0 Å². The van der Waals surface area contributed by atoms with E-state index < -0.39 is 0 Å². The molecule has 1 aromatic carbocycles. The van der Waals surface area contributed by atoms with Gasteiger partial charge in [-0.15, -0.1) is 0 Å². The number of ketones is 1. The van der Waals surface area contributed by atoms with Crippen LogP contribution in [-0.2, 0) is 6.54 Å². The van der Waals surface area contributed by atoms with Crippen LogP contribution in [0, 0.1) is 0 Å². The van der Waals surface area contributed by atoms with Crippen molar-refractivity contribution in [3.8, 4) is 0 Å². The highest BCUT2D eigenvalue weighted by Gasteiger charge is 2.17. The lowest BCUT2D eigenvalue weighted by Gasteiger charge is -2.05. The Bertz CT molecular complexity index is 545. The Hall–Kier alpha value is -1.62. The summed E-state index contributed by atoms with van der Waals surface area (Å²) >= 11 is 3.34. The zero-order chi connectivity index (χ0) is 12.4. The van der Waals surface area contributed by atoms with Gasteiger partial charge in [0, 0.05) is 17.8 Å². The summed E-state index contributed by atoms with van der Waals surface area (Å²) in [6.07, 6.45) is 1.63. The van der Waals surface area contributed by atoms with Crippen LogP contribution in [0.5, 0.6) is 0 Å². The second kappa shape index (κ2) is 4.71. The quantitative estimate of drug-likeness (QED) is 0.699. The Kier molecular flexibility index (Phi) is 3.28. The summed E-state index contributed by atoms with van der Waals surface area (Å²) in [6, 6.07) is 6.87. The van der Waals surface area contributed by atoms with Crippen molar-refractivity contribution in [3.05, 3.63) is 46.2 Å². The minimum Gasteiger partial charge on any atom is -0.399 e. The van der Waals surface area contributed by atoms with E-state index in [4.69, 9.17) is 5.73 Å². The first-order valence-corrected chi connectivity index (χ1v) is 6.04. The maximum Gasteiger partial charge on any atom is 0.212 e. The number of aryl methyl sites for hydroxylation is 1. The van der Waals surface area contributed by atoms with Crippen LogP contribution in [0.2, 0.25) is 0 Å². The highest BCUT2D eigenvalue weighted by molar-refractivity contribution is 9.10. The molecular weight excluding hydrogens is 282 g/mol. The van der Waals surface area contributed by atoms with Crippen LogP contribution >= 0.6 is 15.9 Å². The van der Waals surface area contributed by atoms with Crippen LogP contribution in [-0.4, -0.2) is 15.6 Å². The van der Waals surface area contributed by atoms with Gasteiger partial charge in [-0.05, 0) is 47.1 Å². The average molecular weight is 294 g/mol. The van der Waals surface area contributed by atoms with Crippen LogP contribution in [0.1, 0.15) is 23.0 Å². The molecule has 88 valence electrons. The lowest BCUT2D eigenvalue weighted by atomic mass is 10.1. The second-order valence-electron chi connectivity index (χ2n) is 3.61. The molecule has 0 radical (unpaired) electrons. The number of carbonyl (C=O) groups excluding carboxylic acids is 1. The Morgan fingerprint density at radius 2 is 2.06 bits per heavy atom. The molecule has 0 aliphatic carbocycles. The molecule has 0 aliphatic rings. The van der Waals surface area contributed by atoms with Gasteiger partial charge in [-0.3, -0.25) is 9.48 Å². The number of rotatable bonds is 3. The molecule has 5 heteroatoms. The van der Waals surface area contributed by atoms with Crippen molar-refractivity contribution in [3.63, 3.8) is 0 Å². The Morgan fingerprint density at radius 3 is 2.65 bits per heavy atom. The normalized spacial score (nSPS) is 10.5. The van der Waals surface area contributed by atoms with Crippen molar-refractivity contribution in [1.82, 2.24) is 9.78 Å². The van der Waals surface area contributed by atoms with E-state index in [0.717, 1.165) is 0 Å². The SMILES string of the molecule is CCn1ncc(Br)c1C(=O)c1ccc(N)cc1. The molecule has 2 aromatic rings. The third kappa shape index (κ3) is 2.24.